The Bertz CT molecular complexity index is 860. The second kappa shape index (κ2) is 7.79. The van der Waals surface area contributed by atoms with Gasteiger partial charge in [-0.05, 0) is 92.3 Å². The third kappa shape index (κ3) is 3.54. The monoisotopic (exact) mass is 456 g/mol. The maximum Gasteiger partial charge on any atom is 0.138 e. The van der Waals surface area contributed by atoms with Crippen molar-refractivity contribution in [3.63, 3.8) is 0 Å². The number of aliphatic hydroxyl groups excluding tert-OH is 1. The molecule has 4 aliphatic carbocycles. The van der Waals surface area contributed by atoms with Crippen LogP contribution in [0.4, 0.5) is 0 Å². The first-order chi connectivity index (χ1) is 15.1. The summed E-state index contributed by atoms with van der Waals surface area (Å²) in [5, 5.41) is 20.4. The van der Waals surface area contributed by atoms with Gasteiger partial charge in [0.15, 0.2) is 0 Å². The molecular weight excluding hydrogens is 408 g/mol. The third-order valence-corrected chi connectivity index (χ3v) is 11.6. The van der Waals surface area contributed by atoms with E-state index >= 15 is 0 Å². The minimum Gasteiger partial charge on any atom is -0.387 e. The van der Waals surface area contributed by atoms with Gasteiger partial charge in [0.05, 0.1) is 5.60 Å². The van der Waals surface area contributed by atoms with Crippen molar-refractivity contribution >= 4 is 5.78 Å². The molecule has 0 aromatic heterocycles. The zero-order chi connectivity index (χ0) is 24.6. The molecule has 0 spiro atoms. The molecule has 2 N–H and O–H groups in total. The number of rotatable bonds is 4. The van der Waals surface area contributed by atoms with Crippen LogP contribution in [0, 0.1) is 45.3 Å². The van der Waals surface area contributed by atoms with Gasteiger partial charge in [0.2, 0.25) is 0 Å². The van der Waals surface area contributed by atoms with Gasteiger partial charge in [-0.3, -0.25) is 4.79 Å². The van der Waals surface area contributed by atoms with Crippen molar-refractivity contribution < 1.29 is 15.0 Å². The molecule has 4 aliphatic rings. The normalized spacial score (nSPS) is 44.6. The predicted molar refractivity (Wildman–Crippen MR) is 135 cm³/mol. The molecule has 0 heterocycles. The lowest BCUT2D eigenvalue weighted by molar-refractivity contribution is -0.145. The van der Waals surface area contributed by atoms with E-state index in [1.54, 1.807) is 19.4 Å². The molecule has 0 saturated heterocycles. The van der Waals surface area contributed by atoms with E-state index in [9.17, 15) is 15.0 Å². The molecule has 0 amide bonds. The Morgan fingerprint density at radius 3 is 2.36 bits per heavy atom. The molecule has 0 unspecified atom stereocenters. The number of carbonyl (C=O) groups is 1. The van der Waals surface area contributed by atoms with Gasteiger partial charge in [0.25, 0.3) is 0 Å². The van der Waals surface area contributed by atoms with Crippen LogP contribution in [0.1, 0.15) is 100 Å². The molecule has 0 aromatic rings. The van der Waals surface area contributed by atoms with Crippen molar-refractivity contribution in [2.45, 2.75) is 112 Å². The minimum absolute atomic E-state index is 0.205. The molecule has 0 aliphatic heterocycles. The molecule has 3 saturated carbocycles. The van der Waals surface area contributed by atoms with Crippen molar-refractivity contribution in [3.05, 3.63) is 23.8 Å². The van der Waals surface area contributed by atoms with E-state index in [1.165, 1.54) is 25.7 Å². The number of hydrogen-bond acceptors (Lipinski definition) is 3. The maximum atomic E-state index is 12.8. The van der Waals surface area contributed by atoms with E-state index in [1.807, 2.05) is 6.08 Å². The Morgan fingerprint density at radius 2 is 1.73 bits per heavy atom. The van der Waals surface area contributed by atoms with Crippen LogP contribution < -0.4 is 0 Å². The van der Waals surface area contributed by atoms with Crippen LogP contribution in [0.15, 0.2) is 23.8 Å². The van der Waals surface area contributed by atoms with Crippen molar-refractivity contribution in [3.8, 4) is 0 Å². The zero-order valence-corrected chi connectivity index (χ0v) is 22.4. The average Bonchev–Trinajstić information content (AvgIpc) is 3.00. The summed E-state index contributed by atoms with van der Waals surface area (Å²) >= 11 is 0. The van der Waals surface area contributed by atoms with Crippen molar-refractivity contribution in [2.75, 3.05) is 0 Å². The van der Waals surface area contributed by atoms with Crippen LogP contribution in [-0.2, 0) is 4.79 Å². The Hall–Kier alpha value is -0.930. The summed E-state index contributed by atoms with van der Waals surface area (Å²) in [7, 11) is 0. The van der Waals surface area contributed by atoms with Gasteiger partial charge in [0.1, 0.15) is 11.9 Å². The maximum absolute atomic E-state index is 12.8. The van der Waals surface area contributed by atoms with Gasteiger partial charge in [-0.25, -0.2) is 0 Å². The second-order valence-corrected chi connectivity index (χ2v) is 13.9. The minimum atomic E-state index is -1.11. The SMILES string of the molecule is C[C@@H](/C=C/[C@H](O)C(C)(C)O)[C@@H]1CC[C@]2(C)C3=CC[C@H]4C(C)(C)C(=O)CC[C@]4(C)[C@H]3CC[C@@]12C. The second-order valence-electron chi connectivity index (χ2n) is 13.9. The molecule has 4 rings (SSSR count). The largest absolute Gasteiger partial charge is 0.387 e. The van der Waals surface area contributed by atoms with Gasteiger partial charge in [0, 0.05) is 11.8 Å². The van der Waals surface area contributed by atoms with Crippen LogP contribution in [0.2, 0.25) is 0 Å². The first-order valence-electron chi connectivity index (χ1n) is 13.4. The quantitative estimate of drug-likeness (QED) is 0.476. The number of carbonyl (C=O) groups excluding carboxylic acids is 1. The highest BCUT2D eigenvalue weighted by atomic mass is 16.3. The van der Waals surface area contributed by atoms with E-state index in [0.29, 0.717) is 29.5 Å². The van der Waals surface area contributed by atoms with E-state index < -0.39 is 11.7 Å². The highest BCUT2D eigenvalue weighted by Crippen LogP contribution is 2.73. The lowest BCUT2D eigenvalue weighted by atomic mass is 9.41. The smallest absolute Gasteiger partial charge is 0.138 e. The summed E-state index contributed by atoms with van der Waals surface area (Å²) in [6.07, 6.45) is 13.4. The molecule has 186 valence electrons. The van der Waals surface area contributed by atoms with Crippen molar-refractivity contribution in [2.24, 2.45) is 45.3 Å². The van der Waals surface area contributed by atoms with Gasteiger partial charge < -0.3 is 10.2 Å². The Morgan fingerprint density at radius 1 is 1.06 bits per heavy atom. The summed E-state index contributed by atoms with van der Waals surface area (Å²) in [5.74, 6) is 2.45. The van der Waals surface area contributed by atoms with Gasteiger partial charge in [-0.2, -0.15) is 0 Å². The van der Waals surface area contributed by atoms with Crippen LogP contribution in [0.5, 0.6) is 0 Å². The molecule has 0 bridgehead atoms. The third-order valence-electron chi connectivity index (χ3n) is 11.6. The number of hydrogen-bond donors (Lipinski definition) is 2. The van der Waals surface area contributed by atoms with E-state index in [4.69, 9.17) is 0 Å². The van der Waals surface area contributed by atoms with E-state index in [2.05, 4.69) is 53.7 Å². The topological polar surface area (TPSA) is 57.5 Å². The zero-order valence-electron chi connectivity index (χ0n) is 22.4. The number of fused-ring (bicyclic) bond motifs is 5. The average molecular weight is 457 g/mol. The number of aliphatic hydroxyl groups is 2. The van der Waals surface area contributed by atoms with E-state index in [0.717, 1.165) is 19.3 Å². The number of Topliss-reactive ketones (excluding diaryl/α,β-unsaturated/α-hetero) is 1. The van der Waals surface area contributed by atoms with Crippen LogP contribution in [0.25, 0.3) is 0 Å². The van der Waals surface area contributed by atoms with Gasteiger partial charge >= 0.3 is 0 Å². The first kappa shape index (κ1) is 25.2. The van der Waals surface area contributed by atoms with Crippen LogP contribution >= 0.6 is 0 Å². The fourth-order valence-electron chi connectivity index (χ4n) is 9.05. The molecule has 8 atom stereocenters. The van der Waals surface area contributed by atoms with Crippen molar-refractivity contribution in [1.29, 1.82) is 0 Å². The predicted octanol–water partition coefficient (Wildman–Crippen LogP) is 6.48. The Kier molecular flexibility index (Phi) is 5.94. The molecule has 0 radical (unpaired) electrons. The summed E-state index contributed by atoms with van der Waals surface area (Å²) in [6.45, 7) is 17.6. The standard InChI is InChI=1S/C30H48O3/c1-19(9-12-25(32)27(4,5)33)20-13-17-30(8)22-10-11-23-26(2,3)24(31)15-16-28(23,6)21(22)14-18-29(20,30)7/h9-10,12,19-21,23,25,32-33H,11,13-18H2,1-8H3/b12-9+/t19-,20-,21-,23-,25-,28+,29-,30+/m0/s1. The first-order valence-corrected chi connectivity index (χ1v) is 13.4. The highest BCUT2D eigenvalue weighted by Gasteiger charge is 2.65. The molecule has 3 fully saturated rings. The molecule has 3 nitrogen and oxygen atoms in total. The molecule has 0 aromatic carbocycles. The fourth-order valence-corrected chi connectivity index (χ4v) is 9.05. The van der Waals surface area contributed by atoms with Crippen molar-refractivity contribution in [1.82, 2.24) is 0 Å². The van der Waals surface area contributed by atoms with Gasteiger partial charge in [-0.15, -0.1) is 0 Å². The molecular formula is C30H48O3. The summed E-state index contributed by atoms with van der Waals surface area (Å²) in [6, 6.07) is 0. The lowest BCUT2D eigenvalue weighted by Gasteiger charge is -2.63. The lowest BCUT2D eigenvalue weighted by Crippen LogP contribution is -2.57. The summed E-state index contributed by atoms with van der Waals surface area (Å²) in [5.41, 5.74) is 1.05. The van der Waals surface area contributed by atoms with Gasteiger partial charge in [-0.1, -0.05) is 65.3 Å². The number of ketones is 1. The highest BCUT2D eigenvalue weighted by molar-refractivity contribution is 5.85. The number of allylic oxidation sites excluding steroid dienone is 3. The Balaban J connectivity index is 1.63. The summed E-state index contributed by atoms with van der Waals surface area (Å²) < 4.78 is 0. The fraction of sp³-hybridized carbons (Fsp3) is 0.833. The molecule has 3 heteroatoms. The molecule has 33 heavy (non-hydrogen) atoms. The van der Waals surface area contributed by atoms with Crippen LogP contribution in [0.3, 0.4) is 0 Å². The van der Waals surface area contributed by atoms with Crippen LogP contribution in [-0.4, -0.2) is 27.7 Å². The Labute approximate surface area is 202 Å². The summed E-state index contributed by atoms with van der Waals surface area (Å²) in [4.78, 5) is 12.8. The van der Waals surface area contributed by atoms with E-state index in [-0.39, 0.29) is 21.7 Å².